The first kappa shape index (κ1) is 20.8. The van der Waals surface area contributed by atoms with E-state index in [-0.39, 0.29) is 35.8 Å². The van der Waals surface area contributed by atoms with Gasteiger partial charge in [-0.05, 0) is 32.0 Å². The molecule has 0 radical (unpaired) electrons. The fourth-order valence-electron chi connectivity index (χ4n) is 5.44. The fourth-order valence-corrected chi connectivity index (χ4v) is 5.58. The van der Waals surface area contributed by atoms with Gasteiger partial charge in [-0.2, -0.15) is 5.10 Å². The molecule has 10 heteroatoms. The fraction of sp³-hybridized carbons (Fsp3) is 0.435. The molecule has 172 valence electrons. The number of piperidine rings is 1. The van der Waals surface area contributed by atoms with Crippen LogP contribution < -0.4 is 4.74 Å². The molecule has 2 aromatic heterocycles. The molecule has 3 aliphatic rings. The Kier molecular flexibility index (Phi) is 4.81. The molecule has 6 rings (SSSR count). The maximum Gasteiger partial charge on any atom is 0.258 e. The summed E-state index contributed by atoms with van der Waals surface area (Å²) in [6.45, 7) is 0.600. The summed E-state index contributed by atoms with van der Waals surface area (Å²) in [5, 5.41) is 4.95. The molecule has 3 aromatic rings. The van der Waals surface area contributed by atoms with Gasteiger partial charge in [0.05, 0.1) is 35.6 Å². The van der Waals surface area contributed by atoms with Gasteiger partial charge in [-0.15, -0.1) is 0 Å². The second-order valence-electron chi connectivity index (χ2n) is 9.07. The minimum atomic E-state index is -1.19. The summed E-state index contributed by atoms with van der Waals surface area (Å²) >= 11 is 5.99. The van der Waals surface area contributed by atoms with Crippen LogP contribution in [0.3, 0.4) is 0 Å². The van der Waals surface area contributed by atoms with Gasteiger partial charge in [-0.3, -0.25) is 9.69 Å². The topological polar surface area (TPSA) is 63.0 Å². The van der Waals surface area contributed by atoms with Crippen molar-refractivity contribution in [2.24, 2.45) is 0 Å². The number of fused-ring (bicyclic) bond motifs is 5. The van der Waals surface area contributed by atoms with Gasteiger partial charge in [0, 0.05) is 36.3 Å². The van der Waals surface area contributed by atoms with Gasteiger partial charge >= 0.3 is 0 Å². The molecule has 0 aliphatic carbocycles. The molecule has 5 heterocycles. The van der Waals surface area contributed by atoms with Crippen LogP contribution in [0.2, 0.25) is 5.02 Å². The van der Waals surface area contributed by atoms with Gasteiger partial charge in [-0.1, -0.05) is 11.6 Å². The third-order valence-electron chi connectivity index (χ3n) is 7.17. The van der Waals surface area contributed by atoms with Crippen molar-refractivity contribution in [1.29, 1.82) is 0 Å². The summed E-state index contributed by atoms with van der Waals surface area (Å²) in [6, 6.07) is 3.85. The van der Waals surface area contributed by atoms with E-state index in [0.717, 1.165) is 24.1 Å². The summed E-state index contributed by atoms with van der Waals surface area (Å²) in [7, 11) is 1.94. The van der Waals surface area contributed by atoms with Crippen LogP contribution in [0.1, 0.15) is 40.9 Å². The number of carbonyl (C=O) groups excluding carboxylic acids is 1. The Hall–Kier alpha value is -2.78. The molecule has 2 saturated heterocycles. The molecule has 2 bridgehead atoms. The number of carbonyl (C=O) groups is 1. The van der Waals surface area contributed by atoms with Crippen molar-refractivity contribution < 1.29 is 18.3 Å². The number of ether oxygens (including phenoxy) is 1. The quantitative estimate of drug-likeness (QED) is 0.581. The maximum absolute atomic E-state index is 15.1. The van der Waals surface area contributed by atoms with E-state index >= 15 is 4.39 Å². The molecule has 33 heavy (non-hydrogen) atoms. The standard InChI is InChI=1S/C23H22ClF2N5O2/c1-29-14-3-5-18(29)21(26)20(7-14)33-19-6-13(25)2-4-15(19)23(32)30-10-16-17(11-30)28-31-9-12(24)8-27-22(16)31/h2,4,6,8-9,14,18,20-21H,3,5,7,10-11H2,1H3/t14-,18-,20+,21?/m0/s1. The monoisotopic (exact) mass is 473 g/mol. The van der Waals surface area contributed by atoms with Crippen LogP contribution in [-0.4, -0.2) is 61.7 Å². The Balaban J connectivity index is 1.26. The Morgan fingerprint density at radius 2 is 2.12 bits per heavy atom. The van der Waals surface area contributed by atoms with Crippen molar-refractivity contribution in [3.05, 3.63) is 58.3 Å². The first-order chi connectivity index (χ1) is 15.9. The zero-order valence-electron chi connectivity index (χ0n) is 17.9. The van der Waals surface area contributed by atoms with Crippen LogP contribution >= 0.6 is 11.6 Å². The molecule has 2 fully saturated rings. The SMILES string of the molecule is CN1[C@H]2CC[C@H]1C(F)[C@H](Oc1cc(F)ccc1C(=O)N1Cc3nn4cc(Cl)cnc4c3C1)C2. The number of hydrogen-bond acceptors (Lipinski definition) is 5. The molecule has 0 spiro atoms. The molecule has 0 N–H and O–H groups in total. The molecule has 7 nitrogen and oxygen atoms in total. The number of halogens is 3. The highest BCUT2D eigenvalue weighted by Crippen LogP contribution is 2.39. The predicted octanol–water partition coefficient (Wildman–Crippen LogP) is 3.63. The highest BCUT2D eigenvalue weighted by atomic mass is 35.5. The van der Waals surface area contributed by atoms with Crippen molar-refractivity contribution in [2.75, 3.05) is 7.05 Å². The van der Waals surface area contributed by atoms with Crippen LogP contribution in [-0.2, 0) is 13.1 Å². The highest BCUT2D eigenvalue weighted by Gasteiger charge is 2.47. The molecule has 1 aromatic carbocycles. The maximum atomic E-state index is 15.1. The van der Waals surface area contributed by atoms with E-state index in [2.05, 4.69) is 15.0 Å². The summed E-state index contributed by atoms with van der Waals surface area (Å²) in [5.41, 5.74) is 2.44. The van der Waals surface area contributed by atoms with Crippen molar-refractivity contribution in [1.82, 2.24) is 24.4 Å². The molecule has 0 saturated carbocycles. The van der Waals surface area contributed by atoms with E-state index in [1.807, 2.05) is 7.05 Å². The zero-order valence-corrected chi connectivity index (χ0v) is 18.7. The average molecular weight is 474 g/mol. The Bertz CT molecular complexity index is 1270. The second kappa shape index (κ2) is 7.63. The first-order valence-electron chi connectivity index (χ1n) is 11.0. The van der Waals surface area contributed by atoms with Gasteiger partial charge in [0.15, 0.2) is 11.8 Å². The van der Waals surface area contributed by atoms with E-state index in [9.17, 15) is 9.18 Å². The van der Waals surface area contributed by atoms with Gasteiger partial charge in [0.2, 0.25) is 0 Å². The number of nitrogens with zero attached hydrogens (tertiary/aromatic N) is 5. The van der Waals surface area contributed by atoms with E-state index in [1.165, 1.54) is 24.4 Å². The van der Waals surface area contributed by atoms with Crippen LogP contribution in [0.4, 0.5) is 8.78 Å². The highest BCUT2D eigenvalue weighted by molar-refractivity contribution is 6.30. The first-order valence-corrected chi connectivity index (χ1v) is 11.4. The van der Waals surface area contributed by atoms with Crippen LogP contribution in [0, 0.1) is 5.82 Å². The largest absolute Gasteiger partial charge is 0.486 e. The molecule has 3 aliphatic heterocycles. The minimum absolute atomic E-state index is 0.0836. The van der Waals surface area contributed by atoms with Gasteiger partial charge < -0.3 is 9.64 Å². The average Bonchev–Trinajstić information content (AvgIpc) is 3.41. The lowest BCUT2D eigenvalue weighted by atomic mass is 9.98. The Morgan fingerprint density at radius 1 is 1.27 bits per heavy atom. The summed E-state index contributed by atoms with van der Waals surface area (Å²) in [5.74, 6) is -0.766. The van der Waals surface area contributed by atoms with Crippen molar-refractivity contribution in [3.63, 3.8) is 0 Å². The number of aromatic nitrogens is 3. The summed E-state index contributed by atoms with van der Waals surface area (Å²) in [4.78, 5) is 21.4. The number of amides is 1. The molecular weight excluding hydrogens is 452 g/mol. The summed E-state index contributed by atoms with van der Waals surface area (Å²) < 4.78 is 36.8. The lowest BCUT2D eigenvalue weighted by Crippen LogP contribution is -2.52. The lowest BCUT2D eigenvalue weighted by Gasteiger charge is -2.39. The van der Waals surface area contributed by atoms with E-state index < -0.39 is 18.1 Å². The minimum Gasteiger partial charge on any atom is -0.486 e. The van der Waals surface area contributed by atoms with E-state index in [4.69, 9.17) is 16.3 Å². The van der Waals surface area contributed by atoms with E-state index in [0.29, 0.717) is 23.6 Å². The van der Waals surface area contributed by atoms with E-state index in [1.54, 1.807) is 15.6 Å². The molecule has 1 amide bonds. The van der Waals surface area contributed by atoms with Gasteiger partial charge in [0.1, 0.15) is 17.7 Å². The van der Waals surface area contributed by atoms with Crippen molar-refractivity contribution in [3.8, 4) is 5.75 Å². The molecule has 1 unspecified atom stereocenters. The molecule has 4 atom stereocenters. The van der Waals surface area contributed by atoms with Crippen LogP contribution in [0.5, 0.6) is 5.75 Å². The van der Waals surface area contributed by atoms with Crippen molar-refractivity contribution in [2.45, 2.75) is 56.7 Å². The zero-order chi connectivity index (χ0) is 22.9. The van der Waals surface area contributed by atoms with Crippen LogP contribution in [0.15, 0.2) is 30.6 Å². The normalized spacial score (nSPS) is 26.7. The lowest BCUT2D eigenvalue weighted by molar-refractivity contribution is -0.0116. The van der Waals surface area contributed by atoms with Crippen molar-refractivity contribution >= 4 is 23.2 Å². The number of hydrogen-bond donors (Lipinski definition) is 0. The Labute approximate surface area is 193 Å². The third-order valence-corrected chi connectivity index (χ3v) is 7.37. The number of alkyl halides is 1. The summed E-state index contributed by atoms with van der Waals surface area (Å²) in [6.07, 6.45) is 3.52. The number of rotatable bonds is 3. The smallest absolute Gasteiger partial charge is 0.258 e. The van der Waals surface area contributed by atoms with Crippen LogP contribution in [0.25, 0.3) is 5.65 Å². The number of benzene rings is 1. The molecular formula is C23H22ClF2N5O2. The van der Waals surface area contributed by atoms with Gasteiger partial charge in [-0.25, -0.2) is 18.3 Å². The predicted molar refractivity (Wildman–Crippen MR) is 116 cm³/mol. The second-order valence-corrected chi connectivity index (χ2v) is 9.50. The third kappa shape index (κ3) is 3.36. The Morgan fingerprint density at radius 3 is 2.97 bits per heavy atom. The van der Waals surface area contributed by atoms with Gasteiger partial charge in [0.25, 0.3) is 5.91 Å².